The minimum absolute atomic E-state index is 0.0651. The van der Waals surface area contributed by atoms with Crippen LogP contribution in [0.4, 0.5) is 0 Å². The zero-order valence-corrected chi connectivity index (χ0v) is 14.0. The number of hydrogen-bond donors (Lipinski definition) is 0. The van der Waals surface area contributed by atoms with Crippen LogP contribution in [0.3, 0.4) is 0 Å². The van der Waals surface area contributed by atoms with E-state index in [0.29, 0.717) is 11.7 Å². The highest BCUT2D eigenvalue weighted by Crippen LogP contribution is 2.46. The Morgan fingerprint density at radius 1 is 0.952 bits per heavy atom. The van der Waals surface area contributed by atoms with E-state index in [4.69, 9.17) is 4.74 Å². The Morgan fingerprint density at radius 3 is 2.38 bits per heavy atom. The van der Waals surface area contributed by atoms with E-state index in [-0.39, 0.29) is 16.9 Å². The first kappa shape index (κ1) is 15.5. The van der Waals surface area contributed by atoms with Crippen LogP contribution < -0.4 is 0 Å². The van der Waals surface area contributed by atoms with E-state index in [1.165, 1.54) is 51.4 Å². The van der Waals surface area contributed by atoms with E-state index >= 15 is 0 Å². The minimum atomic E-state index is 0.0651. The second kappa shape index (κ2) is 6.02. The summed E-state index contributed by atoms with van der Waals surface area (Å²) in [6.07, 6.45) is 13.2. The largest absolute Gasteiger partial charge is 0.375 e. The van der Waals surface area contributed by atoms with Crippen LogP contribution in [0.25, 0.3) is 0 Å². The van der Waals surface area contributed by atoms with Crippen LogP contribution in [0.5, 0.6) is 0 Å². The lowest BCUT2D eigenvalue weighted by molar-refractivity contribution is -0.150. The fourth-order valence-corrected chi connectivity index (χ4v) is 5.12. The molecule has 21 heavy (non-hydrogen) atoms. The van der Waals surface area contributed by atoms with E-state index in [9.17, 15) is 4.79 Å². The summed E-state index contributed by atoms with van der Waals surface area (Å²) in [5.74, 6) is 1.15. The van der Waals surface area contributed by atoms with Gasteiger partial charge in [0.1, 0.15) is 5.78 Å². The monoisotopic (exact) mass is 292 g/mol. The Kier molecular flexibility index (Phi) is 4.45. The van der Waals surface area contributed by atoms with Gasteiger partial charge in [0.25, 0.3) is 0 Å². The van der Waals surface area contributed by atoms with E-state index < -0.39 is 0 Å². The summed E-state index contributed by atoms with van der Waals surface area (Å²) in [6.45, 7) is 5.43. The van der Waals surface area contributed by atoms with Crippen molar-refractivity contribution in [3.8, 4) is 0 Å². The Bertz CT molecular complexity index is 374. The average Bonchev–Trinajstić information content (AvgIpc) is 2.47. The van der Waals surface area contributed by atoms with Crippen molar-refractivity contribution in [2.75, 3.05) is 6.61 Å². The summed E-state index contributed by atoms with van der Waals surface area (Å²) in [7, 11) is 0. The molecule has 0 bridgehead atoms. The summed E-state index contributed by atoms with van der Waals surface area (Å²) < 4.78 is 6.17. The van der Waals surface area contributed by atoms with Crippen LogP contribution in [0, 0.1) is 17.3 Å². The second-order valence-corrected chi connectivity index (χ2v) is 8.47. The Balaban J connectivity index is 1.69. The van der Waals surface area contributed by atoms with Crippen LogP contribution in [-0.2, 0) is 9.53 Å². The number of carbonyl (C=O) groups is 1. The van der Waals surface area contributed by atoms with Gasteiger partial charge in [-0.1, -0.05) is 46.0 Å². The van der Waals surface area contributed by atoms with Crippen LogP contribution in [0.2, 0.25) is 0 Å². The predicted molar refractivity (Wildman–Crippen MR) is 85.2 cm³/mol. The molecule has 2 atom stereocenters. The molecule has 1 saturated heterocycles. The number of carbonyl (C=O) groups excluding carboxylic acids is 1. The van der Waals surface area contributed by atoms with Crippen molar-refractivity contribution in [1.82, 2.24) is 0 Å². The minimum Gasteiger partial charge on any atom is -0.375 e. The van der Waals surface area contributed by atoms with Gasteiger partial charge < -0.3 is 4.74 Å². The molecule has 3 aliphatic rings. The van der Waals surface area contributed by atoms with Gasteiger partial charge in [0.05, 0.1) is 5.60 Å². The van der Waals surface area contributed by atoms with Crippen molar-refractivity contribution in [2.45, 2.75) is 90.1 Å². The molecule has 2 saturated carbocycles. The highest BCUT2D eigenvalue weighted by atomic mass is 16.5. The van der Waals surface area contributed by atoms with Gasteiger partial charge in [-0.15, -0.1) is 0 Å². The van der Waals surface area contributed by atoms with E-state index in [1.807, 2.05) is 0 Å². The van der Waals surface area contributed by atoms with Crippen LogP contribution in [-0.4, -0.2) is 18.0 Å². The zero-order chi connectivity index (χ0) is 14.9. The molecule has 0 aromatic rings. The van der Waals surface area contributed by atoms with E-state index in [0.717, 1.165) is 25.9 Å². The molecule has 0 amide bonds. The molecule has 0 radical (unpaired) electrons. The molecule has 0 aromatic heterocycles. The standard InChI is InChI=1S/C19H32O2/c1-18(2)10-7-4-8-16(18)17(20)15-9-13-21-19(14-15)11-5-3-6-12-19/h15-16H,3-14H2,1-2H3. The molecule has 120 valence electrons. The molecular formula is C19H32O2. The zero-order valence-electron chi connectivity index (χ0n) is 14.0. The third-order valence-corrected chi connectivity index (χ3v) is 6.51. The summed E-state index contributed by atoms with van der Waals surface area (Å²) >= 11 is 0. The molecule has 0 aromatic carbocycles. The van der Waals surface area contributed by atoms with Crippen LogP contribution >= 0.6 is 0 Å². The Labute approximate surface area is 130 Å². The summed E-state index contributed by atoms with van der Waals surface area (Å²) in [6, 6.07) is 0. The smallest absolute Gasteiger partial charge is 0.139 e. The summed E-state index contributed by atoms with van der Waals surface area (Å²) in [5, 5.41) is 0. The Morgan fingerprint density at radius 2 is 1.67 bits per heavy atom. The van der Waals surface area contributed by atoms with Gasteiger partial charge in [-0.2, -0.15) is 0 Å². The summed E-state index contributed by atoms with van der Waals surface area (Å²) in [5.41, 5.74) is 0.281. The van der Waals surface area contributed by atoms with E-state index in [1.54, 1.807) is 0 Å². The molecular weight excluding hydrogens is 260 g/mol. The van der Waals surface area contributed by atoms with Gasteiger partial charge in [0.2, 0.25) is 0 Å². The molecule has 2 nitrogen and oxygen atoms in total. The van der Waals surface area contributed by atoms with Gasteiger partial charge in [0.15, 0.2) is 0 Å². The number of ether oxygens (including phenoxy) is 1. The molecule has 2 unspecified atom stereocenters. The second-order valence-electron chi connectivity index (χ2n) is 8.47. The third kappa shape index (κ3) is 3.21. The van der Waals surface area contributed by atoms with Crippen molar-refractivity contribution < 1.29 is 9.53 Å². The van der Waals surface area contributed by atoms with Crippen molar-refractivity contribution in [2.24, 2.45) is 17.3 Å². The molecule has 1 heterocycles. The first-order valence-corrected chi connectivity index (χ1v) is 9.20. The van der Waals surface area contributed by atoms with Gasteiger partial charge in [0, 0.05) is 18.4 Å². The normalized spacial score (nSPS) is 35.5. The number of Topliss-reactive ketones (excluding diaryl/α,β-unsaturated/α-hetero) is 1. The maximum atomic E-state index is 13.1. The lowest BCUT2D eigenvalue weighted by Crippen LogP contribution is -2.46. The quantitative estimate of drug-likeness (QED) is 0.723. The fraction of sp³-hybridized carbons (Fsp3) is 0.947. The molecule has 2 aliphatic carbocycles. The lowest BCUT2D eigenvalue weighted by Gasteiger charge is -2.45. The van der Waals surface area contributed by atoms with Gasteiger partial charge in [-0.25, -0.2) is 0 Å². The molecule has 1 aliphatic heterocycles. The molecule has 2 heteroatoms. The van der Waals surface area contributed by atoms with Crippen LogP contribution in [0.15, 0.2) is 0 Å². The van der Waals surface area contributed by atoms with Crippen molar-refractivity contribution in [3.63, 3.8) is 0 Å². The number of ketones is 1. The molecule has 3 rings (SSSR count). The first-order chi connectivity index (χ1) is 10.0. The number of rotatable bonds is 2. The average molecular weight is 292 g/mol. The SMILES string of the molecule is CC1(C)CCCCC1C(=O)C1CCOC2(CCCCC2)C1. The fourth-order valence-electron chi connectivity index (χ4n) is 5.12. The third-order valence-electron chi connectivity index (χ3n) is 6.51. The van der Waals surface area contributed by atoms with Crippen molar-refractivity contribution in [1.29, 1.82) is 0 Å². The van der Waals surface area contributed by atoms with Crippen molar-refractivity contribution >= 4 is 5.78 Å². The first-order valence-electron chi connectivity index (χ1n) is 9.20. The van der Waals surface area contributed by atoms with Crippen molar-refractivity contribution in [3.05, 3.63) is 0 Å². The van der Waals surface area contributed by atoms with E-state index in [2.05, 4.69) is 13.8 Å². The Hall–Kier alpha value is -0.370. The van der Waals surface area contributed by atoms with Gasteiger partial charge >= 0.3 is 0 Å². The van der Waals surface area contributed by atoms with Crippen LogP contribution in [0.1, 0.15) is 84.5 Å². The predicted octanol–water partition coefficient (Wildman–Crippen LogP) is 4.90. The van der Waals surface area contributed by atoms with Gasteiger partial charge in [-0.3, -0.25) is 4.79 Å². The molecule has 1 spiro atoms. The highest BCUT2D eigenvalue weighted by Gasteiger charge is 2.45. The number of hydrogen-bond acceptors (Lipinski definition) is 2. The topological polar surface area (TPSA) is 26.3 Å². The van der Waals surface area contributed by atoms with Gasteiger partial charge in [-0.05, 0) is 43.9 Å². The molecule has 3 fully saturated rings. The highest BCUT2D eigenvalue weighted by molar-refractivity contribution is 5.84. The maximum Gasteiger partial charge on any atom is 0.139 e. The molecule has 0 N–H and O–H groups in total. The lowest BCUT2D eigenvalue weighted by atomic mass is 9.63. The summed E-state index contributed by atoms with van der Waals surface area (Å²) in [4.78, 5) is 13.1. The maximum absolute atomic E-state index is 13.1.